The lowest BCUT2D eigenvalue weighted by Crippen LogP contribution is -2.03. The number of rotatable bonds is 10. The molecule has 2 heterocycles. The van der Waals surface area contributed by atoms with E-state index in [4.69, 9.17) is 14.0 Å². The summed E-state index contributed by atoms with van der Waals surface area (Å²) in [6.07, 6.45) is 3.49. The Balaban J connectivity index is 1.23. The summed E-state index contributed by atoms with van der Waals surface area (Å²) >= 11 is 0. The molecule has 0 radical (unpaired) electrons. The zero-order valence-corrected chi connectivity index (χ0v) is 17.1. The highest BCUT2D eigenvalue weighted by Gasteiger charge is 2.17. The third-order valence-electron chi connectivity index (χ3n) is 5.43. The minimum absolute atomic E-state index is 0.0273. The Morgan fingerprint density at radius 2 is 1.90 bits per heavy atom. The van der Waals surface area contributed by atoms with Gasteiger partial charge in [-0.2, -0.15) is 0 Å². The fourth-order valence-electron chi connectivity index (χ4n) is 3.74. The maximum Gasteiger partial charge on any atom is 0.184 e. The Hall–Kier alpha value is -2.76. The summed E-state index contributed by atoms with van der Waals surface area (Å²) in [6.45, 7) is 2.43. The summed E-state index contributed by atoms with van der Waals surface area (Å²) in [5.41, 5.74) is 3.82. The van der Waals surface area contributed by atoms with E-state index in [0.717, 1.165) is 43.6 Å². The van der Waals surface area contributed by atoms with Crippen LogP contribution in [-0.4, -0.2) is 24.2 Å². The molecular formula is C25H27NO4. The third-order valence-corrected chi connectivity index (χ3v) is 5.43. The number of aromatic nitrogens is 1. The van der Waals surface area contributed by atoms with E-state index >= 15 is 0 Å². The highest BCUT2D eigenvalue weighted by atomic mass is 16.5. The predicted molar refractivity (Wildman–Crippen MR) is 114 cm³/mol. The monoisotopic (exact) mass is 405 g/mol. The van der Waals surface area contributed by atoms with E-state index < -0.39 is 0 Å². The summed E-state index contributed by atoms with van der Waals surface area (Å²) < 4.78 is 16.4. The van der Waals surface area contributed by atoms with Gasteiger partial charge in [-0.25, -0.2) is 0 Å². The van der Waals surface area contributed by atoms with E-state index in [1.165, 1.54) is 5.56 Å². The van der Waals surface area contributed by atoms with Crippen molar-refractivity contribution in [2.45, 2.75) is 38.9 Å². The van der Waals surface area contributed by atoms with Crippen molar-refractivity contribution in [3.05, 3.63) is 77.7 Å². The van der Waals surface area contributed by atoms with Gasteiger partial charge < -0.3 is 14.0 Å². The Labute approximate surface area is 177 Å². The van der Waals surface area contributed by atoms with Gasteiger partial charge in [0.25, 0.3) is 0 Å². The standard InChI is InChI=1S/C25H27NO4/c27-25(11-5-6-19-12-13-28-16-19)24-15-23(30-26-24)18-29-17-20-7-4-10-22(14-20)21-8-2-1-3-9-21/h1-4,7-10,14-15,19H,5-6,11-13,16-18H2. The molecule has 5 nitrogen and oxygen atoms in total. The molecule has 0 aliphatic carbocycles. The number of ether oxygens (including phenoxy) is 2. The number of hydrogen-bond acceptors (Lipinski definition) is 5. The number of benzene rings is 2. The Kier molecular flexibility index (Phi) is 7.06. The van der Waals surface area contributed by atoms with Crippen molar-refractivity contribution in [1.29, 1.82) is 0 Å². The highest BCUT2D eigenvalue weighted by molar-refractivity contribution is 5.94. The van der Waals surface area contributed by atoms with Gasteiger partial charge in [0.1, 0.15) is 12.3 Å². The molecule has 0 N–H and O–H groups in total. The summed E-state index contributed by atoms with van der Waals surface area (Å²) in [5.74, 6) is 1.20. The highest BCUT2D eigenvalue weighted by Crippen LogP contribution is 2.21. The van der Waals surface area contributed by atoms with Crippen molar-refractivity contribution in [1.82, 2.24) is 5.16 Å². The van der Waals surface area contributed by atoms with E-state index in [1.807, 2.05) is 30.3 Å². The molecule has 0 amide bonds. The molecule has 0 spiro atoms. The average Bonchev–Trinajstić information content (AvgIpc) is 3.47. The van der Waals surface area contributed by atoms with Gasteiger partial charge in [0, 0.05) is 25.7 Å². The van der Waals surface area contributed by atoms with Crippen molar-refractivity contribution in [2.24, 2.45) is 5.92 Å². The number of nitrogens with zero attached hydrogens (tertiary/aromatic N) is 1. The van der Waals surface area contributed by atoms with E-state index in [-0.39, 0.29) is 12.4 Å². The molecule has 1 aliphatic heterocycles. The van der Waals surface area contributed by atoms with Gasteiger partial charge >= 0.3 is 0 Å². The molecule has 1 atom stereocenters. The van der Waals surface area contributed by atoms with Crippen LogP contribution in [0.25, 0.3) is 11.1 Å². The maximum absolute atomic E-state index is 12.3. The van der Waals surface area contributed by atoms with Gasteiger partial charge in [-0.05, 0) is 47.9 Å². The molecule has 2 aromatic carbocycles. The molecule has 0 saturated carbocycles. The summed E-state index contributed by atoms with van der Waals surface area (Å²) in [7, 11) is 0. The fourth-order valence-corrected chi connectivity index (χ4v) is 3.74. The Morgan fingerprint density at radius 1 is 1.03 bits per heavy atom. The van der Waals surface area contributed by atoms with Crippen molar-refractivity contribution < 1.29 is 18.8 Å². The van der Waals surface area contributed by atoms with Gasteiger partial charge in [0.15, 0.2) is 11.5 Å². The lowest BCUT2D eigenvalue weighted by Gasteiger charge is -2.06. The SMILES string of the molecule is O=C(CCCC1CCOC1)c1cc(COCc2cccc(-c3ccccc3)c2)on1. The molecule has 3 aromatic rings. The van der Waals surface area contributed by atoms with Crippen LogP contribution in [0.2, 0.25) is 0 Å². The fraction of sp³-hybridized carbons (Fsp3) is 0.360. The van der Waals surface area contributed by atoms with Crippen LogP contribution in [0.5, 0.6) is 0 Å². The van der Waals surface area contributed by atoms with Gasteiger partial charge in [0.05, 0.1) is 6.61 Å². The number of Topliss-reactive ketones (excluding diaryl/α,β-unsaturated/α-hetero) is 1. The third kappa shape index (κ3) is 5.65. The van der Waals surface area contributed by atoms with E-state index in [0.29, 0.717) is 30.4 Å². The lowest BCUT2D eigenvalue weighted by molar-refractivity contribution is 0.0879. The van der Waals surface area contributed by atoms with Gasteiger partial charge in [-0.3, -0.25) is 4.79 Å². The summed E-state index contributed by atoms with van der Waals surface area (Å²) in [5, 5.41) is 3.92. The average molecular weight is 405 g/mol. The molecule has 1 unspecified atom stereocenters. The minimum atomic E-state index is 0.0273. The molecule has 1 aromatic heterocycles. The predicted octanol–water partition coefficient (Wildman–Crippen LogP) is 5.45. The molecule has 1 fully saturated rings. The van der Waals surface area contributed by atoms with Gasteiger partial charge in [0.2, 0.25) is 0 Å². The number of carbonyl (C=O) groups excluding carboxylic acids is 1. The van der Waals surface area contributed by atoms with Crippen molar-refractivity contribution in [3.63, 3.8) is 0 Å². The maximum atomic E-state index is 12.3. The lowest BCUT2D eigenvalue weighted by atomic mass is 10.00. The topological polar surface area (TPSA) is 61.6 Å². The smallest absolute Gasteiger partial charge is 0.184 e. The second kappa shape index (κ2) is 10.3. The molecule has 156 valence electrons. The first-order chi connectivity index (χ1) is 14.8. The van der Waals surface area contributed by atoms with Crippen molar-refractivity contribution in [3.8, 4) is 11.1 Å². The quantitative estimate of drug-likeness (QED) is 0.420. The van der Waals surface area contributed by atoms with Crippen LogP contribution in [0.4, 0.5) is 0 Å². The second-order valence-corrected chi connectivity index (χ2v) is 7.78. The van der Waals surface area contributed by atoms with Crippen LogP contribution in [0.3, 0.4) is 0 Å². The van der Waals surface area contributed by atoms with Crippen molar-refractivity contribution in [2.75, 3.05) is 13.2 Å². The second-order valence-electron chi connectivity index (χ2n) is 7.78. The van der Waals surface area contributed by atoms with E-state index in [1.54, 1.807) is 6.07 Å². The molecule has 0 bridgehead atoms. The zero-order valence-electron chi connectivity index (χ0n) is 17.1. The van der Waals surface area contributed by atoms with Crippen LogP contribution < -0.4 is 0 Å². The van der Waals surface area contributed by atoms with E-state index in [2.05, 4.69) is 29.4 Å². The van der Waals surface area contributed by atoms with Crippen LogP contribution in [0.15, 0.2) is 65.2 Å². The van der Waals surface area contributed by atoms with Crippen LogP contribution >= 0.6 is 0 Å². The first-order valence-electron chi connectivity index (χ1n) is 10.6. The van der Waals surface area contributed by atoms with Gasteiger partial charge in [-0.15, -0.1) is 0 Å². The Morgan fingerprint density at radius 3 is 2.73 bits per heavy atom. The number of ketones is 1. The molecule has 4 rings (SSSR count). The van der Waals surface area contributed by atoms with Crippen LogP contribution in [-0.2, 0) is 22.7 Å². The minimum Gasteiger partial charge on any atom is -0.381 e. The number of hydrogen-bond donors (Lipinski definition) is 0. The Bertz CT molecular complexity index is 945. The molecule has 1 aliphatic rings. The largest absolute Gasteiger partial charge is 0.381 e. The van der Waals surface area contributed by atoms with Crippen LogP contribution in [0.1, 0.15) is 47.5 Å². The summed E-state index contributed by atoms with van der Waals surface area (Å²) in [4.78, 5) is 12.3. The van der Waals surface area contributed by atoms with E-state index in [9.17, 15) is 4.79 Å². The zero-order chi connectivity index (χ0) is 20.6. The number of carbonyl (C=O) groups is 1. The van der Waals surface area contributed by atoms with Gasteiger partial charge in [-0.1, -0.05) is 53.7 Å². The summed E-state index contributed by atoms with van der Waals surface area (Å²) in [6, 6.07) is 20.2. The molecular weight excluding hydrogens is 378 g/mol. The molecule has 1 saturated heterocycles. The van der Waals surface area contributed by atoms with Crippen molar-refractivity contribution >= 4 is 5.78 Å². The first-order valence-corrected chi connectivity index (χ1v) is 10.6. The molecule has 30 heavy (non-hydrogen) atoms. The molecule has 5 heteroatoms. The van der Waals surface area contributed by atoms with Crippen LogP contribution in [0, 0.1) is 5.92 Å². The first kappa shape index (κ1) is 20.5. The normalized spacial score (nSPS) is 16.1.